The summed E-state index contributed by atoms with van der Waals surface area (Å²) in [6.45, 7) is 0. The highest BCUT2D eigenvalue weighted by molar-refractivity contribution is 9.10. The third kappa shape index (κ3) is 2.96. The number of rotatable bonds is 2. The molecule has 0 aromatic heterocycles. The standard InChI is InChI=1S/C15H13BrFNO2S/c16-10-2-1-3-12(8-10)18-14-6-7-21(19,20)15-5-4-11(17)9-13(14)15/h1-5,8-9,14,18H,6-7H2. The van der Waals surface area contributed by atoms with E-state index < -0.39 is 15.7 Å². The molecule has 3 rings (SSSR count). The van der Waals surface area contributed by atoms with Crippen LogP contribution >= 0.6 is 15.9 Å². The number of fused-ring (bicyclic) bond motifs is 1. The Morgan fingerprint density at radius 1 is 1.19 bits per heavy atom. The van der Waals surface area contributed by atoms with Gasteiger partial charge in [-0.25, -0.2) is 12.8 Å². The second-order valence-corrected chi connectivity index (χ2v) is 7.99. The summed E-state index contributed by atoms with van der Waals surface area (Å²) in [6.07, 6.45) is 0.422. The lowest BCUT2D eigenvalue weighted by molar-refractivity contribution is 0.570. The molecule has 0 saturated carbocycles. The van der Waals surface area contributed by atoms with E-state index in [1.807, 2.05) is 24.3 Å². The summed E-state index contributed by atoms with van der Waals surface area (Å²) in [5.74, 6) is -0.357. The molecule has 1 aliphatic heterocycles. The average molecular weight is 370 g/mol. The predicted molar refractivity (Wildman–Crippen MR) is 83.6 cm³/mol. The van der Waals surface area contributed by atoms with Crippen molar-refractivity contribution in [3.05, 3.63) is 58.3 Å². The molecule has 0 aliphatic carbocycles. The van der Waals surface area contributed by atoms with Crippen molar-refractivity contribution < 1.29 is 12.8 Å². The van der Waals surface area contributed by atoms with Crippen molar-refractivity contribution in [1.29, 1.82) is 0 Å². The van der Waals surface area contributed by atoms with E-state index in [0.717, 1.165) is 10.2 Å². The molecule has 6 heteroatoms. The minimum atomic E-state index is -3.31. The third-order valence-corrected chi connectivity index (χ3v) is 5.83. The number of benzene rings is 2. The van der Waals surface area contributed by atoms with Crippen LogP contribution in [0.5, 0.6) is 0 Å². The molecule has 2 aromatic carbocycles. The predicted octanol–water partition coefficient (Wildman–Crippen LogP) is 3.92. The Morgan fingerprint density at radius 3 is 2.76 bits per heavy atom. The molecule has 3 nitrogen and oxygen atoms in total. The monoisotopic (exact) mass is 369 g/mol. The minimum absolute atomic E-state index is 0.0668. The fourth-order valence-electron chi connectivity index (χ4n) is 2.54. The Hall–Kier alpha value is -1.40. The van der Waals surface area contributed by atoms with Crippen molar-refractivity contribution in [3.8, 4) is 0 Å². The molecule has 21 heavy (non-hydrogen) atoms. The molecule has 0 radical (unpaired) electrons. The summed E-state index contributed by atoms with van der Waals surface area (Å²) >= 11 is 3.39. The molecule has 0 amide bonds. The van der Waals surface area contributed by atoms with E-state index in [9.17, 15) is 12.8 Å². The molecule has 1 aliphatic rings. The van der Waals surface area contributed by atoms with Crippen molar-refractivity contribution in [2.75, 3.05) is 11.1 Å². The van der Waals surface area contributed by atoms with Crippen molar-refractivity contribution in [3.63, 3.8) is 0 Å². The molecule has 0 spiro atoms. The lowest BCUT2D eigenvalue weighted by Gasteiger charge is -2.27. The molecule has 0 bridgehead atoms. The molecular formula is C15H13BrFNO2S. The van der Waals surface area contributed by atoms with Crippen LogP contribution in [0.3, 0.4) is 0 Å². The summed E-state index contributed by atoms with van der Waals surface area (Å²) in [6, 6.07) is 11.2. The van der Waals surface area contributed by atoms with Gasteiger partial charge in [-0.3, -0.25) is 0 Å². The summed E-state index contributed by atoms with van der Waals surface area (Å²) in [4.78, 5) is 0.225. The van der Waals surface area contributed by atoms with E-state index >= 15 is 0 Å². The van der Waals surface area contributed by atoms with Gasteiger partial charge in [-0.05, 0) is 48.4 Å². The normalized spacial score (nSPS) is 19.8. The Morgan fingerprint density at radius 2 is 2.00 bits per heavy atom. The molecule has 1 unspecified atom stereocenters. The highest BCUT2D eigenvalue weighted by Gasteiger charge is 2.30. The van der Waals surface area contributed by atoms with Crippen molar-refractivity contribution in [1.82, 2.24) is 0 Å². The van der Waals surface area contributed by atoms with E-state index in [4.69, 9.17) is 0 Å². The average Bonchev–Trinajstić information content (AvgIpc) is 2.42. The van der Waals surface area contributed by atoms with Gasteiger partial charge in [0.25, 0.3) is 0 Å². The van der Waals surface area contributed by atoms with Crippen LogP contribution in [-0.4, -0.2) is 14.2 Å². The number of nitrogens with one attached hydrogen (secondary N) is 1. The highest BCUT2D eigenvalue weighted by atomic mass is 79.9. The Labute approximate surface area is 131 Å². The summed E-state index contributed by atoms with van der Waals surface area (Å²) < 4.78 is 38.6. The van der Waals surface area contributed by atoms with Crippen LogP contribution < -0.4 is 5.32 Å². The van der Waals surface area contributed by atoms with Gasteiger partial charge in [0.15, 0.2) is 9.84 Å². The molecule has 0 fully saturated rings. The molecule has 2 aromatic rings. The van der Waals surface area contributed by atoms with Gasteiger partial charge < -0.3 is 5.32 Å². The first-order chi connectivity index (χ1) is 9.95. The number of anilines is 1. The maximum atomic E-state index is 13.5. The van der Waals surface area contributed by atoms with Crippen LogP contribution in [0.2, 0.25) is 0 Å². The van der Waals surface area contributed by atoms with E-state index in [-0.39, 0.29) is 16.7 Å². The molecule has 0 saturated heterocycles. The van der Waals surface area contributed by atoms with Crippen molar-refractivity contribution >= 4 is 31.5 Å². The smallest absolute Gasteiger partial charge is 0.178 e. The van der Waals surface area contributed by atoms with Gasteiger partial charge in [-0.15, -0.1) is 0 Å². The number of halogens is 2. The Balaban J connectivity index is 2.00. The van der Waals surface area contributed by atoms with E-state index in [0.29, 0.717) is 12.0 Å². The maximum Gasteiger partial charge on any atom is 0.178 e. The van der Waals surface area contributed by atoms with Gasteiger partial charge in [0, 0.05) is 10.2 Å². The van der Waals surface area contributed by atoms with E-state index in [1.54, 1.807) is 0 Å². The summed E-state index contributed by atoms with van der Waals surface area (Å²) in [5.41, 5.74) is 1.37. The van der Waals surface area contributed by atoms with Crippen LogP contribution in [0.25, 0.3) is 0 Å². The number of hydrogen-bond donors (Lipinski definition) is 1. The molecule has 1 atom stereocenters. The van der Waals surface area contributed by atoms with E-state index in [2.05, 4.69) is 21.2 Å². The zero-order chi connectivity index (χ0) is 15.0. The lowest BCUT2D eigenvalue weighted by Crippen LogP contribution is -2.24. The SMILES string of the molecule is O=S1(=O)CCC(Nc2cccc(Br)c2)c2cc(F)ccc21. The summed E-state index contributed by atoms with van der Waals surface area (Å²) in [7, 11) is -3.31. The lowest BCUT2D eigenvalue weighted by atomic mass is 10.0. The van der Waals surface area contributed by atoms with Crippen LogP contribution in [0.4, 0.5) is 10.1 Å². The van der Waals surface area contributed by atoms with Crippen molar-refractivity contribution in [2.45, 2.75) is 17.4 Å². The van der Waals surface area contributed by atoms with Gasteiger partial charge >= 0.3 is 0 Å². The highest BCUT2D eigenvalue weighted by Crippen LogP contribution is 2.35. The van der Waals surface area contributed by atoms with E-state index in [1.165, 1.54) is 18.2 Å². The second-order valence-electron chi connectivity index (χ2n) is 5.00. The van der Waals surface area contributed by atoms with Crippen LogP contribution in [0, 0.1) is 5.82 Å². The Bertz CT molecular complexity index is 792. The van der Waals surface area contributed by atoms with Crippen LogP contribution in [0.1, 0.15) is 18.0 Å². The number of sulfone groups is 1. The van der Waals surface area contributed by atoms with Gasteiger partial charge in [-0.2, -0.15) is 0 Å². The first-order valence-corrected chi connectivity index (χ1v) is 8.94. The maximum absolute atomic E-state index is 13.5. The zero-order valence-electron chi connectivity index (χ0n) is 11.0. The molecule has 110 valence electrons. The van der Waals surface area contributed by atoms with Gasteiger partial charge in [0.1, 0.15) is 5.82 Å². The fourth-order valence-corrected chi connectivity index (χ4v) is 4.54. The minimum Gasteiger partial charge on any atom is -0.378 e. The topological polar surface area (TPSA) is 46.2 Å². The van der Waals surface area contributed by atoms with Crippen LogP contribution in [-0.2, 0) is 9.84 Å². The second kappa shape index (κ2) is 5.42. The zero-order valence-corrected chi connectivity index (χ0v) is 13.4. The Kier molecular flexibility index (Phi) is 3.75. The quantitative estimate of drug-likeness (QED) is 0.816. The van der Waals surface area contributed by atoms with Gasteiger partial charge in [0.05, 0.1) is 16.7 Å². The number of hydrogen-bond acceptors (Lipinski definition) is 3. The van der Waals surface area contributed by atoms with Gasteiger partial charge in [0.2, 0.25) is 0 Å². The third-order valence-electron chi connectivity index (χ3n) is 3.52. The van der Waals surface area contributed by atoms with Crippen LogP contribution in [0.15, 0.2) is 51.8 Å². The fraction of sp³-hybridized carbons (Fsp3) is 0.200. The molecule has 1 heterocycles. The molecular weight excluding hydrogens is 357 g/mol. The molecule has 1 N–H and O–H groups in total. The first kappa shape index (κ1) is 14.5. The van der Waals surface area contributed by atoms with Gasteiger partial charge in [-0.1, -0.05) is 22.0 Å². The first-order valence-electron chi connectivity index (χ1n) is 6.50. The largest absolute Gasteiger partial charge is 0.378 e. The summed E-state index contributed by atoms with van der Waals surface area (Å²) in [5, 5.41) is 3.28. The van der Waals surface area contributed by atoms with Crippen molar-refractivity contribution in [2.24, 2.45) is 0 Å².